The minimum Gasteiger partial charge on any atom is -0.480 e. The Bertz CT molecular complexity index is 215. The van der Waals surface area contributed by atoms with Crippen molar-refractivity contribution in [3.05, 3.63) is 0 Å². The molecule has 3 aliphatic rings. The Hall–Kier alpha value is -0.570. The summed E-state index contributed by atoms with van der Waals surface area (Å²) < 4.78 is 0. The molecular formula is C9H13NO2. The lowest BCUT2D eigenvalue weighted by atomic mass is 10.2. The number of aliphatic carboxylic acids is 1. The molecule has 0 aromatic carbocycles. The number of carbonyl (C=O) groups is 1. The molecule has 2 saturated carbocycles. The fourth-order valence-electron chi connectivity index (χ4n) is 2.32. The summed E-state index contributed by atoms with van der Waals surface area (Å²) in [4.78, 5) is 13.0. The molecular weight excluding hydrogens is 154 g/mol. The summed E-state index contributed by atoms with van der Waals surface area (Å²) in [6.45, 7) is 0. The number of carboxylic acids is 1. The lowest BCUT2D eigenvalue weighted by Crippen LogP contribution is -2.12. The van der Waals surface area contributed by atoms with Crippen molar-refractivity contribution >= 4 is 5.97 Å². The molecule has 2 aliphatic carbocycles. The second kappa shape index (κ2) is 2.02. The Morgan fingerprint density at radius 3 is 2.33 bits per heavy atom. The molecule has 1 N–H and O–H groups in total. The predicted molar refractivity (Wildman–Crippen MR) is 42.8 cm³/mol. The van der Waals surface area contributed by atoms with Crippen LogP contribution in [-0.4, -0.2) is 34.1 Å². The first-order chi connectivity index (χ1) is 5.79. The standard InChI is InChI=1S/C9H13NO2/c11-9(12)8-7(5-1-2-5)10(8)6-3-4-6/h5-8H,1-4H2,(H,11,12)/t7-,8-,10?/m1/s1. The van der Waals surface area contributed by atoms with Crippen LogP contribution in [0.1, 0.15) is 25.7 Å². The number of carboxylic acid groups (broad SMARTS) is 1. The molecule has 1 unspecified atom stereocenters. The molecule has 3 nitrogen and oxygen atoms in total. The molecule has 12 heavy (non-hydrogen) atoms. The van der Waals surface area contributed by atoms with Crippen molar-refractivity contribution in [3.8, 4) is 0 Å². The highest BCUT2D eigenvalue weighted by Gasteiger charge is 2.63. The molecule has 3 heteroatoms. The third kappa shape index (κ3) is 0.891. The highest BCUT2D eigenvalue weighted by molar-refractivity contribution is 5.78. The van der Waals surface area contributed by atoms with Gasteiger partial charge in [-0.15, -0.1) is 0 Å². The van der Waals surface area contributed by atoms with Gasteiger partial charge in [-0.25, -0.2) is 0 Å². The van der Waals surface area contributed by atoms with Crippen molar-refractivity contribution in [3.63, 3.8) is 0 Å². The molecule has 66 valence electrons. The van der Waals surface area contributed by atoms with E-state index in [1.54, 1.807) is 0 Å². The van der Waals surface area contributed by atoms with Crippen LogP contribution < -0.4 is 0 Å². The fourth-order valence-corrected chi connectivity index (χ4v) is 2.32. The van der Waals surface area contributed by atoms with Gasteiger partial charge in [0, 0.05) is 12.1 Å². The molecule has 0 radical (unpaired) electrons. The van der Waals surface area contributed by atoms with Gasteiger partial charge in [0.1, 0.15) is 6.04 Å². The first-order valence-electron chi connectivity index (χ1n) is 4.79. The van der Waals surface area contributed by atoms with Crippen LogP contribution in [0, 0.1) is 5.92 Å². The van der Waals surface area contributed by atoms with Crippen LogP contribution in [0.4, 0.5) is 0 Å². The zero-order chi connectivity index (χ0) is 8.29. The van der Waals surface area contributed by atoms with Crippen LogP contribution in [0.25, 0.3) is 0 Å². The summed E-state index contributed by atoms with van der Waals surface area (Å²) in [7, 11) is 0. The van der Waals surface area contributed by atoms with Crippen molar-refractivity contribution in [2.75, 3.05) is 0 Å². The molecule has 3 atom stereocenters. The highest BCUT2D eigenvalue weighted by atomic mass is 16.4. The van der Waals surface area contributed by atoms with Crippen LogP contribution in [0.15, 0.2) is 0 Å². The Morgan fingerprint density at radius 2 is 1.92 bits per heavy atom. The fraction of sp³-hybridized carbons (Fsp3) is 0.889. The van der Waals surface area contributed by atoms with Gasteiger partial charge < -0.3 is 5.11 Å². The smallest absolute Gasteiger partial charge is 0.322 e. The van der Waals surface area contributed by atoms with Crippen molar-refractivity contribution in [1.82, 2.24) is 4.90 Å². The average Bonchev–Trinajstić information content (AvgIpc) is 2.87. The van der Waals surface area contributed by atoms with Crippen LogP contribution >= 0.6 is 0 Å². The van der Waals surface area contributed by atoms with E-state index >= 15 is 0 Å². The van der Waals surface area contributed by atoms with E-state index in [1.165, 1.54) is 25.7 Å². The maximum absolute atomic E-state index is 10.8. The highest BCUT2D eigenvalue weighted by Crippen LogP contribution is 2.51. The summed E-state index contributed by atoms with van der Waals surface area (Å²) in [5.74, 6) is 0.130. The molecule has 0 bridgehead atoms. The van der Waals surface area contributed by atoms with Gasteiger partial charge >= 0.3 is 5.97 Å². The van der Waals surface area contributed by atoms with Crippen molar-refractivity contribution in [1.29, 1.82) is 0 Å². The Morgan fingerprint density at radius 1 is 1.25 bits per heavy atom. The van der Waals surface area contributed by atoms with E-state index < -0.39 is 5.97 Å². The van der Waals surface area contributed by atoms with Crippen molar-refractivity contribution in [2.24, 2.45) is 5.92 Å². The van der Waals surface area contributed by atoms with Gasteiger partial charge in [-0.1, -0.05) is 0 Å². The lowest BCUT2D eigenvalue weighted by molar-refractivity contribution is -0.137. The van der Waals surface area contributed by atoms with Gasteiger partial charge in [0.05, 0.1) is 0 Å². The van der Waals surface area contributed by atoms with E-state index in [1.807, 2.05) is 0 Å². The predicted octanol–water partition coefficient (Wildman–Crippen LogP) is 0.696. The Labute approximate surface area is 71.4 Å². The number of nitrogens with zero attached hydrogens (tertiary/aromatic N) is 1. The van der Waals surface area contributed by atoms with E-state index in [-0.39, 0.29) is 6.04 Å². The zero-order valence-corrected chi connectivity index (χ0v) is 6.94. The molecule has 1 saturated heterocycles. The van der Waals surface area contributed by atoms with Crippen molar-refractivity contribution in [2.45, 2.75) is 43.8 Å². The minimum absolute atomic E-state index is 0.106. The molecule has 0 amide bonds. The van der Waals surface area contributed by atoms with Crippen LogP contribution in [0.5, 0.6) is 0 Å². The van der Waals surface area contributed by atoms with E-state index in [0.717, 1.165) is 5.92 Å². The maximum Gasteiger partial charge on any atom is 0.322 e. The van der Waals surface area contributed by atoms with Crippen LogP contribution in [0.2, 0.25) is 0 Å². The lowest BCUT2D eigenvalue weighted by Gasteiger charge is -1.95. The summed E-state index contributed by atoms with van der Waals surface area (Å²) in [6.07, 6.45) is 4.98. The number of hydrogen-bond donors (Lipinski definition) is 1. The van der Waals surface area contributed by atoms with Gasteiger partial charge in [0.15, 0.2) is 0 Å². The average molecular weight is 167 g/mol. The van der Waals surface area contributed by atoms with E-state index in [2.05, 4.69) is 4.90 Å². The quantitative estimate of drug-likeness (QED) is 0.629. The molecule has 1 aliphatic heterocycles. The second-order valence-corrected chi connectivity index (χ2v) is 4.29. The minimum atomic E-state index is -0.598. The van der Waals surface area contributed by atoms with Crippen LogP contribution in [0.3, 0.4) is 0 Å². The molecule has 0 spiro atoms. The first kappa shape index (κ1) is 6.89. The normalized spacial score (nSPS) is 45.8. The largest absolute Gasteiger partial charge is 0.480 e. The molecule has 0 aromatic heterocycles. The van der Waals surface area contributed by atoms with E-state index in [0.29, 0.717) is 12.1 Å². The summed E-state index contributed by atoms with van der Waals surface area (Å²) in [6, 6.07) is 0.955. The van der Waals surface area contributed by atoms with Gasteiger partial charge in [-0.2, -0.15) is 0 Å². The van der Waals surface area contributed by atoms with Gasteiger partial charge in [0.25, 0.3) is 0 Å². The SMILES string of the molecule is O=C(O)[C@H]1[C@@H](C2CC2)N1C1CC1. The first-order valence-corrected chi connectivity index (χ1v) is 4.79. The van der Waals surface area contributed by atoms with E-state index in [4.69, 9.17) is 5.11 Å². The van der Waals surface area contributed by atoms with Gasteiger partial charge in [-0.3, -0.25) is 9.69 Å². The maximum atomic E-state index is 10.8. The van der Waals surface area contributed by atoms with Crippen molar-refractivity contribution < 1.29 is 9.90 Å². The van der Waals surface area contributed by atoms with Gasteiger partial charge in [0.2, 0.25) is 0 Å². The Kier molecular flexibility index (Phi) is 1.16. The molecule has 0 aromatic rings. The van der Waals surface area contributed by atoms with E-state index in [9.17, 15) is 4.79 Å². The number of hydrogen-bond acceptors (Lipinski definition) is 2. The van der Waals surface area contributed by atoms with Gasteiger partial charge in [-0.05, 0) is 31.6 Å². The second-order valence-electron chi connectivity index (χ2n) is 4.29. The molecule has 3 rings (SSSR count). The number of rotatable bonds is 3. The Balaban J connectivity index is 1.72. The van der Waals surface area contributed by atoms with Crippen LogP contribution in [-0.2, 0) is 4.79 Å². The summed E-state index contributed by atoms with van der Waals surface area (Å²) >= 11 is 0. The third-order valence-electron chi connectivity index (χ3n) is 3.23. The monoisotopic (exact) mass is 167 g/mol. The molecule has 3 fully saturated rings. The zero-order valence-electron chi connectivity index (χ0n) is 6.94. The third-order valence-corrected chi connectivity index (χ3v) is 3.23. The summed E-state index contributed by atoms with van der Waals surface area (Å²) in [5.41, 5.74) is 0. The topological polar surface area (TPSA) is 40.3 Å². The summed E-state index contributed by atoms with van der Waals surface area (Å²) in [5, 5.41) is 8.91. The molecule has 1 heterocycles.